The van der Waals surface area contributed by atoms with E-state index in [4.69, 9.17) is 18.9 Å². The Morgan fingerprint density at radius 2 is 1.34 bits per heavy atom. The highest BCUT2D eigenvalue weighted by Gasteiger charge is 2.34. The molecule has 1 aromatic rings. The number of hydrogen-bond donors (Lipinski definition) is 1. The van der Waals surface area contributed by atoms with Gasteiger partial charge in [-0.05, 0) is 106 Å². The molecule has 0 bridgehead atoms. The highest BCUT2D eigenvalue weighted by atomic mass is 19.1. The Labute approximate surface area is 226 Å². The second kappa shape index (κ2) is 14.4. The summed E-state index contributed by atoms with van der Waals surface area (Å²) in [5.41, 5.74) is -1.24. The molecule has 1 amide bonds. The number of aryl methyl sites for hydroxylation is 1. The van der Waals surface area contributed by atoms with Crippen LogP contribution in [0.3, 0.4) is 0 Å². The zero-order valence-corrected chi connectivity index (χ0v) is 24.4. The third-order valence-corrected chi connectivity index (χ3v) is 4.93. The van der Waals surface area contributed by atoms with Crippen molar-refractivity contribution < 1.29 is 37.7 Å². The summed E-state index contributed by atoms with van der Waals surface area (Å²) in [5.74, 6) is -1.19. The van der Waals surface area contributed by atoms with Gasteiger partial charge in [-0.25, -0.2) is 14.0 Å². The summed E-state index contributed by atoms with van der Waals surface area (Å²) in [5, 5.41) is 2.59. The van der Waals surface area contributed by atoms with Crippen LogP contribution < -0.4 is 10.1 Å². The van der Waals surface area contributed by atoms with Crippen molar-refractivity contribution in [2.24, 2.45) is 5.92 Å². The first-order valence-electron chi connectivity index (χ1n) is 13.1. The fourth-order valence-electron chi connectivity index (χ4n) is 3.50. The molecule has 38 heavy (non-hydrogen) atoms. The molecule has 0 aliphatic rings. The number of benzene rings is 1. The average molecular weight is 540 g/mol. The molecule has 0 saturated carbocycles. The molecule has 0 radical (unpaired) electrons. The Morgan fingerprint density at radius 1 is 0.816 bits per heavy atom. The van der Waals surface area contributed by atoms with Crippen LogP contribution in [0.15, 0.2) is 24.3 Å². The Bertz CT molecular complexity index is 895. The topological polar surface area (TPSA) is 100 Å². The highest BCUT2D eigenvalue weighted by molar-refractivity contribution is 5.83. The normalized spacial score (nSPS) is 13.7. The summed E-state index contributed by atoms with van der Waals surface area (Å²) < 4.78 is 34.1. The number of carbonyl (C=O) groups is 3. The van der Waals surface area contributed by atoms with Crippen LogP contribution in [0.25, 0.3) is 0 Å². The van der Waals surface area contributed by atoms with Gasteiger partial charge in [0.25, 0.3) is 0 Å². The van der Waals surface area contributed by atoms with Crippen molar-refractivity contribution in [2.45, 2.75) is 111 Å². The molecular formula is C29H46FNO7. The average Bonchev–Trinajstić information content (AvgIpc) is 2.73. The fourth-order valence-corrected chi connectivity index (χ4v) is 3.50. The van der Waals surface area contributed by atoms with E-state index in [1.807, 2.05) is 12.1 Å². The Morgan fingerprint density at radius 3 is 1.84 bits per heavy atom. The number of nitrogens with one attached hydrogen (secondary N) is 1. The maximum Gasteiger partial charge on any atom is 0.408 e. The number of esters is 2. The smallest absolute Gasteiger partial charge is 0.408 e. The van der Waals surface area contributed by atoms with Crippen molar-refractivity contribution in [1.82, 2.24) is 5.32 Å². The summed E-state index contributed by atoms with van der Waals surface area (Å²) in [7, 11) is 0. The van der Waals surface area contributed by atoms with E-state index in [0.717, 1.165) is 5.56 Å². The number of carbonyl (C=O) groups excluding carboxylic acids is 3. The molecule has 2 atom stereocenters. The van der Waals surface area contributed by atoms with Crippen LogP contribution in [-0.2, 0) is 30.2 Å². The number of alkyl carbamates (subject to hydrolysis) is 1. The lowest BCUT2D eigenvalue weighted by molar-refractivity contribution is -0.163. The number of alkyl halides is 1. The summed E-state index contributed by atoms with van der Waals surface area (Å²) in [6.45, 7) is 15.1. The third-order valence-electron chi connectivity index (χ3n) is 4.93. The van der Waals surface area contributed by atoms with Gasteiger partial charge >= 0.3 is 18.0 Å². The van der Waals surface area contributed by atoms with Gasteiger partial charge in [0, 0.05) is 0 Å². The standard InChI is InChI=1S/C29H46FNO7/c1-27(2,3)36-24(32)21(12-10-11-20-13-15-22(16-14-20)35-18-17-30)19-23(25(33)37-28(4,5)6)31-26(34)38-29(7,8)9/h13-16,21,23H,10-12,17-19H2,1-9H3,(H,31,34)/t21-,23-/m0/s1. The molecular weight excluding hydrogens is 493 g/mol. The van der Waals surface area contributed by atoms with Crippen molar-refractivity contribution in [2.75, 3.05) is 13.3 Å². The molecule has 0 heterocycles. The fraction of sp³-hybridized carbons (Fsp3) is 0.690. The van der Waals surface area contributed by atoms with Crippen LogP contribution in [0, 0.1) is 5.92 Å². The molecule has 216 valence electrons. The van der Waals surface area contributed by atoms with Gasteiger partial charge in [0.1, 0.15) is 41.9 Å². The van der Waals surface area contributed by atoms with Gasteiger partial charge in [-0.3, -0.25) is 4.79 Å². The first kappa shape index (κ1) is 33.2. The van der Waals surface area contributed by atoms with Crippen molar-refractivity contribution in [1.29, 1.82) is 0 Å². The zero-order chi connectivity index (χ0) is 29.1. The largest absolute Gasteiger partial charge is 0.491 e. The van der Waals surface area contributed by atoms with Crippen LogP contribution in [0.4, 0.5) is 9.18 Å². The summed E-state index contributed by atoms with van der Waals surface area (Å²) in [6, 6.07) is 6.24. The first-order valence-corrected chi connectivity index (χ1v) is 13.1. The second-order valence-electron chi connectivity index (χ2n) is 12.3. The first-order chi connectivity index (χ1) is 17.4. The lowest BCUT2D eigenvalue weighted by Crippen LogP contribution is -2.47. The van der Waals surface area contributed by atoms with Crippen molar-refractivity contribution in [3.8, 4) is 5.75 Å². The molecule has 9 heteroatoms. The van der Waals surface area contributed by atoms with Gasteiger partial charge in [-0.15, -0.1) is 0 Å². The third kappa shape index (κ3) is 14.8. The van der Waals surface area contributed by atoms with Crippen molar-refractivity contribution in [3.05, 3.63) is 29.8 Å². The van der Waals surface area contributed by atoms with Gasteiger partial charge in [-0.1, -0.05) is 12.1 Å². The molecule has 1 rings (SSSR count). The van der Waals surface area contributed by atoms with Crippen LogP contribution in [-0.4, -0.2) is 54.2 Å². The summed E-state index contributed by atoms with van der Waals surface area (Å²) in [6.07, 6.45) is 0.941. The van der Waals surface area contributed by atoms with E-state index in [1.165, 1.54) is 0 Å². The molecule has 0 fully saturated rings. The maximum atomic E-state index is 13.1. The van der Waals surface area contributed by atoms with Gasteiger partial charge in [-0.2, -0.15) is 0 Å². The van der Waals surface area contributed by atoms with Gasteiger partial charge < -0.3 is 24.3 Å². The quantitative estimate of drug-likeness (QED) is 0.259. The Kier molecular flexibility index (Phi) is 12.5. The minimum atomic E-state index is -1.10. The molecule has 0 aliphatic heterocycles. The molecule has 1 N–H and O–H groups in total. The van der Waals surface area contributed by atoms with Crippen molar-refractivity contribution >= 4 is 18.0 Å². The minimum absolute atomic E-state index is 0.000915. The van der Waals surface area contributed by atoms with E-state index in [0.29, 0.717) is 25.0 Å². The maximum absolute atomic E-state index is 13.1. The predicted molar refractivity (Wildman–Crippen MR) is 144 cm³/mol. The second-order valence-corrected chi connectivity index (χ2v) is 12.3. The SMILES string of the molecule is CC(C)(C)OC(=O)N[C@@H](C[C@H](CCCc1ccc(OCCF)cc1)C(=O)OC(C)(C)C)C(=O)OC(C)(C)C. The van der Waals surface area contributed by atoms with Crippen molar-refractivity contribution in [3.63, 3.8) is 0 Å². The van der Waals surface area contributed by atoms with Crippen LogP contribution in [0.5, 0.6) is 5.75 Å². The Hall–Kier alpha value is -2.84. The van der Waals surface area contributed by atoms with E-state index in [1.54, 1.807) is 74.4 Å². The van der Waals surface area contributed by atoms with E-state index in [2.05, 4.69) is 5.32 Å². The molecule has 0 saturated heterocycles. The van der Waals surface area contributed by atoms with E-state index in [9.17, 15) is 18.8 Å². The Balaban J connectivity index is 3.04. The predicted octanol–water partition coefficient (Wildman–Crippen LogP) is 5.94. The minimum Gasteiger partial charge on any atom is -0.491 e. The van der Waals surface area contributed by atoms with Gasteiger partial charge in [0.2, 0.25) is 0 Å². The number of amides is 1. The molecule has 0 spiro atoms. The molecule has 1 aromatic carbocycles. The molecule has 8 nitrogen and oxygen atoms in total. The van der Waals surface area contributed by atoms with Crippen LogP contribution in [0.2, 0.25) is 0 Å². The van der Waals surface area contributed by atoms with Crippen LogP contribution in [0.1, 0.15) is 87.1 Å². The molecule has 0 aromatic heterocycles. The lowest BCUT2D eigenvalue weighted by atomic mass is 9.92. The van der Waals surface area contributed by atoms with E-state index < -0.39 is 53.5 Å². The zero-order valence-electron chi connectivity index (χ0n) is 24.4. The highest BCUT2D eigenvalue weighted by Crippen LogP contribution is 2.23. The van der Waals surface area contributed by atoms with Gasteiger partial charge in [0.15, 0.2) is 0 Å². The summed E-state index contributed by atoms with van der Waals surface area (Å²) in [4.78, 5) is 38.7. The van der Waals surface area contributed by atoms with Crippen LogP contribution >= 0.6 is 0 Å². The molecule has 0 aliphatic carbocycles. The molecule has 0 unspecified atom stereocenters. The lowest BCUT2D eigenvalue weighted by Gasteiger charge is -2.29. The number of halogens is 1. The van der Waals surface area contributed by atoms with Gasteiger partial charge in [0.05, 0.1) is 5.92 Å². The summed E-state index contributed by atoms with van der Waals surface area (Å²) >= 11 is 0. The van der Waals surface area contributed by atoms with E-state index >= 15 is 0 Å². The number of hydrogen-bond acceptors (Lipinski definition) is 7. The number of ether oxygens (including phenoxy) is 4. The van der Waals surface area contributed by atoms with E-state index in [-0.39, 0.29) is 13.0 Å². The number of rotatable bonds is 12. The monoisotopic (exact) mass is 539 g/mol.